The summed E-state index contributed by atoms with van der Waals surface area (Å²) in [7, 11) is 0. The van der Waals surface area contributed by atoms with Crippen molar-refractivity contribution in [1.82, 2.24) is 0 Å². The Morgan fingerprint density at radius 3 is 2.54 bits per heavy atom. The molecule has 0 heterocycles. The molecule has 0 spiro atoms. The van der Waals surface area contributed by atoms with Crippen LogP contribution >= 0.6 is 0 Å². The number of amides is 1. The number of rotatable bonds is 2. The van der Waals surface area contributed by atoms with Crippen LogP contribution in [0.4, 0.5) is 4.39 Å². The minimum Gasteiger partial charge on any atom is -0.369 e. The van der Waals surface area contributed by atoms with Crippen LogP contribution in [0.15, 0.2) is 24.3 Å². The van der Waals surface area contributed by atoms with E-state index in [1.54, 1.807) is 24.6 Å². The average molecular weight is 178 g/mol. The van der Waals surface area contributed by atoms with Gasteiger partial charge in [0, 0.05) is 5.56 Å². The lowest BCUT2D eigenvalue weighted by atomic mass is 9.95. The first-order valence-electron chi connectivity index (χ1n) is 4.06. The largest absolute Gasteiger partial charge is 0.369 e. The Kier molecular flexibility index (Phi) is 1.62. The summed E-state index contributed by atoms with van der Waals surface area (Å²) in [6.45, 7) is 0. The van der Waals surface area contributed by atoms with Gasteiger partial charge in [-0.1, -0.05) is 18.2 Å². The highest BCUT2D eigenvalue weighted by Crippen LogP contribution is 2.47. The molecule has 0 aliphatic heterocycles. The quantitative estimate of drug-likeness (QED) is 0.725. The standard InChI is InChI=1S/C10H9FNO/c11-8-4-2-1-3-7(8)10(5-6-10)9(12)13/h1-5H,6H2,(H2,12,13)/t10-/m1/s1. The van der Waals surface area contributed by atoms with Crippen LogP contribution in [0.5, 0.6) is 0 Å². The van der Waals surface area contributed by atoms with Gasteiger partial charge < -0.3 is 5.73 Å². The number of carbonyl (C=O) groups excluding carboxylic acids is 1. The molecular formula is C10H9FNO. The van der Waals surface area contributed by atoms with E-state index in [0.717, 1.165) is 0 Å². The highest BCUT2D eigenvalue weighted by atomic mass is 19.1. The van der Waals surface area contributed by atoms with E-state index < -0.39 is 11.3 Å². The number of carbonyl (C=O) groups is 1. The first-order chi connectivity index (χ1) is 6.17. The monoisotopic (exact) mass is 178 g/mol. The first kappa shape index (κ1) is 8.23. The van der Waals surface area contributed by atoms with E-state index in [4.69, 9.17) is 5.73 Å². The van der Waals surface area contributed by atoms with Crippen LogP contribution in [0.1, 0.15) is 12.0 Å². The van der Waals surface area contributed by atoms with Crippen molar-refractivity contribution in [3.05, 3.63) is 42.1 Å². The molecule has 0 aromatic heterocycles. The molecule has 1 saturated carbocycles. The summed E-state index contributed by atoms with van der Waals surface area (Å²) in [6.07, 6.45) is 2.27. The molecule has 1 aliphatic rings. The molecule has 3 heteroatoms. The lowest BCUT2D eigenvalue weighted by Crippen LogP contribution is -2.29. The van der Waals surface area contributed by atoms with Crippen LogP contribution in [0.25, 0.3) is 0 Å². The van der Waals surface area contributed by atoms with Gasteiger partial charge in [-0.25, -0.2) is 4.39 Å². The van der Waals surface area contributed by atoms with Crippen LogP contribution in [0, 0.1) is 12.2 Å². The molecule has 1 aromatic rings. The molecule has 0 saturated heterocycles. The summed E-state index contributed by atoms with van der Waals surface area (Å²) in [5, 5.41) is 0. The van der Waals surface area contributed by atoms with Crippen LogP contribution in [0.3, 0.4) is 0 Å². The predicted molar refractivity (Wildman–Crippen MR) is 46.2 cm³/mol. The second kappa shape index (κ2) is 2.55. The molecular weight excluding hydrogens is 169 g/mol. The number of primary amides is 1. The van der Waals surface area contributed by atoms with Crippen LogP contribution in [0.2, 0.25) is 0 Å². The Balaban J connectivity index is 2.47. The molecule has 1 amide bonds. The van der Waals surface area contributed by atoms with Gasteiger partial charge >= 0.3 is 0 Å². The molecule has 1 aliphatic carbocycles. The topological polar surface area (TPSA) is 43.1 Å². The molecule has 2 N–H and O–H groups in total. The number of nitrogens with two attached hydrogens (primary N) is 1. The van der Waals surface area contributed by atoms with E-state index in [-0.39, 0.29) is 5.82 Å². The van der Waals surface area contributed by atoms with Gasteiger partial charge in [0.2, 0.25) is 5.91 Å². The smallest absolute Gasteiger partial charge is 0.228 e. The first-order valence-corrected chi connectivity index (χ1v) is 4.06. The predicted octanol–water partition coefficient (Wildman–Crippen LogP) is 1.16. The summed E-state index contributed by atoms with van der Waals surface area (Å²) in [5.41, 5.74) is 4.76. The zero-order chi connectivity index (χ0) is 9.47. The van der Waals surface area contributed by atoms with E-state index in [1.165, 1.54) is 6.07 Å². The Bertz CT molecular complexity index is 358. The number of hydrogen-bond acceptors (Lipinski definition) is 1. The van der Waals surface area contributed by atoms with Crippen molar-refractivity contribution in [1.29, 1.82) is 0 Å². The SMILES string of the molecule is NC(=O)[C@]1(c2ccccc2F)[CH]C1. The van der Waals surface area contributed by atoms with Crippen molar-refractivity contribution in [3.63, 3.8) is 0 Å². The molecule has 0 bridgehead atoms. The second-order valence-electron chi connectivity index (χ2n) is 3.22. The van der Waals surface area contributed by atoms with Gasteiger partial charge in [0.1, 0.15) is 5.82 Å². The fourth-order valence-corrected chi connectivity index (χ4v) is 1.48. The summed E-state index contributed by atoms with van der Waals surface area (Å²) in [6, 6.07) is 6.24. The van der Waals surface area contributed by atoms with Crippen molar-refractivity contribution in [2.24, 2.45) is 5.73 Å². The zero-order valence-corrected chi connectivity index (χ0v) is 6.96. The molecule has 2 rings (SSSR count). The van der Waals surface area contributed by atoms with Gasteiger partial charge in [-0.15, -0.1) is 0 Å². The third-order valence-electron chi connectivity index (χ3n) is 2.41. The summed E-state index contributed by atoms with van der Waals surface area (Å²) in [5.74, 6) is -0.840. The minimum absolute atomic E-state index is 0.366. The van der Waals surface area contributed by atoms with Gasteiger partial charge in [0.15, 0.2) is 0 Å². The van der Waals surface area contributed by atoms with Crippen molar-refractivity contribution in [3.8, 4) is 0 Å². The Labute approximate surface area is 75.6 Å². The summed E-state index contributed by atoms with van der Waals surface area (Å²) >= 11 is 0. The highest BCUT2D eigenvalue weighted by Gasteiger charge is 2.51. The third kappa shape index (κ3) is 1.11. The van der Waals surface area contributed by atoms with Crippen LogP contribution in [-0.4, -0.2) is 5.91 Å². The maximum Gasteiger partial charge on any atom is 0.228 e. The Morgan fingerprint density at radius 1 is 1.46 bits per heavy atom. The Morgan fingerprint density at radius 2 is 2.08 bits per heavy atom. The summed E-state index contributed by atoms with van der Waals surface area (Å²) in [4.78, 5) is 11.1. The number of halogens is 1. The summed E-state index contributed by atoms with van der Waals surface area (Å²) < 4.78 is 13.3. The molecule has 1 fully saturated rings. The Hall–Kier alpha value is -1.38. The van der Waals surface area contributed by atoms with Crippen molar-refractivity contribution >= 4 is 5.91 Å². The van der Waals surface area contributed by atoms with E-state index in [9.17, 15) is 9.18 Å². The van der Waals surface area contributed by atoms with Crippen molar-refractivity contribution in [2.45, 2.75) is 11.8 Å². The average Bonchev–Trinajstić information content (AvgIpc) is 2.85. The van der Waals surface area contributed by atoms with E-state index in [2.05, 4.69) is 0 Å². The molecule has 0 unspecified atom stereocenters. The second-order valence-corrected chi connectivity index (χ2v) is 3.22. The molecule has 2 nitrogen and oxygen atoms in total. The van der Waals surface area contributed by atoms with Gasteiger partial charge in [-0.2, -0.15) is 0 Å². The van der Waals surface area contributed by atoms with Gasteiger partial charge in [-0.05, 0) is 18.9 Å². The van der Waals surface area contributed by atoms with Gasteiger partial charge in [0.25, 0.3) is 0 Å². The molecule has 1 radical (unpaired) electrons. The zero-order valence-electron chi connectivity index (χ0n) is 6.96. The maximum absolute atomic E-state index is 13.3. The van der Waals surface area contributed by atoms with E-state index in [0.29, 0.717) is 12.0 Å². The van der Waals surface area contributed by atoms with Crippen molar-refractivity contribution < 1.29 is 9.18 Å². The van der Waals surface area contributed by atoms with Gasteiger partial charge in [0.05, 0.1) is 5.41 Å². The highest BCUT2D eigenvalue weighted by molar-refractivity contribution is 5.92. The molecule has 67 valence electrons. The van der Waals surface area contributed by atoms with E-state index >= 15 is 0 Å². The molecule has 1 atom stereocenters. The fraction of sp³-hybridized carbons (Fsp3) is 0.200. The van der Waals surface area contributed by atoms with Gasteiger partial charge in [-0.3, -0.25) is 4.79 Å². The van der Waals surface area contributed by atoms with Crippen LogP contribution in [-0.2, 0) is 10.2 Å². The number of benzene rings is 1. The molecule has 13 heavy (non-hydrogen) atoms. The minimum atomic E-state index is -0.828. The lowest BCUT2D eigenvalue weighted by molar-refractivity contribution is -0.120. The fourth-order valence-electron chi connectivity index (χ4n) is 1.48. The van der Waals surface area contributed by atoms with Crippen LogP contribution < -0.4 is 5.73 Å². The van der Waals surface area contributed by atoms with E-state index in [1.807, 2.05) is 0 Å². The molecule has 1 aromatic carbocycles. The van der Waals surface area contributed by atoms with Crippen molar-refractivity contribution in [2.75, 3.05) is 0 Å². The maximum atomic E-state index is 13.3. The third-order valence-corrected chi connectivity index (χ3v) is 2.41. The number of hydrogen-bond donors (Lipinski definition) is 1. The lowest BCUT2D eigenvalue weighted by Gasteiger charge is -2.11. The normalized spacial score (nSPS) is 18.2.